The van der Waals surface area contributed by atoms with Crippen LogP contribution in [0.25, 0.3) is 11.2 Å². The molecule has 0 amide bonds. The first kappa shape index (κ1) is 17.2. The van der Waals surface area contributed by atoms with E-state index >= 15 is 0 Å². The summed E-state index contributed by atoms with van der Waals surface area (Å²) in [6.07, 6.45) is -1.83. The second-order valence-electron chi connectivity index (χ2n) is 5.31. The molecular formula is C11H16N5O7P. The third kappa shape index (κ3) is 3.39. The summed E-state index contributed by atoms with van der Waals surface area (Å²) in [5, 5.41) is 20.0. The molecule has 3 rings (SSSR count). The van der Waals surface area contributed by atoms with Gasteiger partial charge in [0.25, 0.3) is 0 Å². The van der Waals surface area contributed by atoms with Crippen LogP contribution in [0.1, 0.15) is 0 Å². The van der Waals surface area contributed by atoms with Crippen LogP contribution in [0.4, 0.5) is 5.82 Å². The van der Waals surface area contributed by atoms with Crippen molar-refractivity contribution in [3.8, 4) is 0 Å². The van der Waals surface area contributed by atoms with Gasteiger partial charge in [0.2, 0.25) is 0 Å². The van der Waals surface area contributed by atoms with Gasteiger partial charge in [-0.15, -0.1) is 0 Å². The Hall–Kier alpha value is -1.66. The van der Waals surface area contributed by atoms with E-state index in [2.05, 4.69) is 19.5 Å². The third-order valence-electron chi connectivity index (χ3n) is 3.67. The normalized spacial score (nSPS) is 27.8. The zero-order valence-corrected chi connectivity index (χ0v) is 13.1. The highest BCUT2D eigenvalue weighted by molar-refractivity contribution is 7.46. The van der Waals surface area contributed by atoms with Crippen LogP contribution in [0.15, 0.2) is 12.7 Å². The molecule has 1 saturated heterocycles. The van der Waals surface area contributed by atoms with Gasteiger partial charge in [-0.1, -0.05) is 0 Å². The number of imidazole rings is 1. The lowest BCUT2D eigenvalue weighted by Gasteiger charge is -2.15. The van der Waals surface area contributed by atoms with Crippen LogP contribution in [-0.2, 0) is 20.4 Å². The molecule has 132 valence electrons. The first-order valence-corrected chi connectivity index (χ1v) is 8.42. The minimum Gasteiger partial charge on any atom is -0.388 e. The Morgan fingerprint density at radius 1 is 1.25 bits per heavy atom. The van der Waals surface area contributed by atoms with Crippen molar-refractivity contribution in [2.45, 2.75) is 31.0 Å². The number of hydrogen-bond donors (Lipinski definition) is 5. The van der Waals surface area contributed by atoms with Gasteiger partial charge in [-0.25, -0.2) is 19.5 Å². The van der Waals surface area contributed by atoms with E-state index in [-0.39, 0.29) is 12.4 Å². The zero-order chi connectivity index (χ0) is 17.5. The molecule has 4 atom stereocenters. The summed E-state index contributed by atoms with van der Waals surface area (Å²) in [7, 11) is -4.70. The first-order chi connectivity index (χ1) is 11.3. The summed E-state index contributed by atoms with van der Waals surface area (Å²) in [4.78, 5) is 29.4. The lowest BCUT2D eigenvalue weighted by Crippen LogP contribution is -2.35. The van der Waals surface area contributed by atoms with Crippen molar-refractivity contribution in [1.82, 2.24) is 19.5 Å². The van der Waals surface area contributed by atoms with Gasteiger partial charge in [-0.05, 0) is 0 Å². The maximum atomic E-state index is 10.7. The number of aromatic nitrogens is 4. The van der Waals surface area contributed by atoms with E-state index in [0.29, 0.717) is 11.2 Å². The van der Waals surface area contributed by atoms with E-state index in [1.807, 2.05) is 0 Å². The van der Waals surface area contributed by atoms with Gasteiger partial charge in [0.05, 0.1) is 19.5 Å². The fourth-order valence-electron chi connectivity index (χ4n) is 2.51. The highest BCUT2D eigenvalue weighted by Gasteiger charge is 2.43. The largest absolute Gasteiger partial charge is 0.469 e. The highest BCUT2D eigenvalue weighted by Crippen LogP contribution is 2.37. The van der Waals surface area contributed by atoms with Gasteiger partial charge in [0.1, 0.15) is 36.3 Å². The van der Waals surface area contributed by atoms with Crippen molar-refractivity contribution >= 4 is 24.8 Å². The number of aliphatic hydroxyl groups excluding tert-OH is 2. The molecule has 13 heteroatoms. The Balaban J connectivity index is 1.73. The summed E-state index contributed by atoms with van der Waals surface area (Å²) in [6, 6.07) is 0. The molecular weight excluding hydrogens is 345 g/mol. The van der Waals surface area contributed by atoms with Crippen LogP contribution < -0.4 is 5.73 Å². The van der Waals surface area contributed by atoms with E-state index in [4.69, 9.17) is 20.3 Å². The SMILES string of the molecule is Nc1ncnc2c1ncn2CC1OC(COP(=O)(O)O)C(O)C1O. The van der Waals surface area contributed by atoms with Crippen molar-refractivity contribution in [1.29, 1.82) is 0 Å². The van der Waals surface area contributed by atoms with E-state index in [1.54, 1.807) is 4.57 Å². The van der Waals surface area contributed by atoms with Crippen LogP contribution in [0, 0.1) is 0 Å². The van der Waals surface area contributed by atoms with Crippen LogP contribution in [0.3, 0.4) is 0 Å². The quantitative estimate of drug-likeness (QED) is 0.371. The Kier molecular flexibility index (Phi) is 4.53. The number of nitrogens with two attached hydrogens (primary N) is 1. The topological polar surface area (TPSA) is 186 Å². The van der Waals surface area contributed by atoms with Crippen molar-refractivity contribution in [3.63, 3.8) is 0 Å². The number of fused-ring (bicyclic) bond motifs is 1. The number of aliphatic hydroxyl groups is 2. The van der Waals surface area contributed by atoms with Crippen LogP contribution >= 0.6 is 7.82 Å². The third-order valence-corrected chi connectivity index (χ3v) is 4.16. The number of nitrogens with zero attached hydrogens (tertiary/aromatic N) is 4. The summed E-state index contributed by atoms with van der Waals surface area (Å²) < 4.78 is 22.1. The number of anilines is 1. The molecule has 0 spiro atoms. The van der Waals surface area contributed by atoms with Crippen LogP contribution in [0.2, 0.25) is 0 Å². The first-order valence-electron chi connectivity index (χ1n) is 6.89. The Morgan fingerprint density at radius 3 is 2.67 bits per heavy atom. The molecule has 0 aromatic carbocycles. The molecule has 0 bridgehead atoms. The molecule has 24 heavy (non-hydrogen) atoms. The fourth-order valence-corrected chi connectivity index (χ4v) is 2.85. The molecule has 1 fully saturated rings. The number of phosphoric ester groups is 1. The second kappa shape index (κ2) is 6.33. The molecule has 12 nitrogen and oxygen atoms in total. The maximum Gasteiger partial charge on any atom is 0.469 e. The van der Waals surface area contributed by atoms with Crippen molar-refractivity contribution in [2.24, 2.45) is 0 Å². The minimum atomic E-state index is -4.70. The molecule has 6 N–H and O–H groups in total. The van der Waals surface area contributed by atoms with Crippen LogP contribution in [-0.4, -0.2) is 70.5 Å². The van der Waals surface area contributed by atoms with Crippen molar-refractivity contribution in [2.75, 3.05) is 12.3 Å². The molecule has 4 unspecified atom stereocenters. The highest BCUT2D eigenvalue weighted by atomic mass is 31.2. The molecule has 0 saturated carbocycles. The molecule has 2 aromatic rings. The summed E-state index contributed by atoms with van der Waals surface area (Å²) in [5.74, 6) is 0.208. The number of hydrogen-bond acceptors (Lipinski definition) is 9. The zero-order valence-electron chi connectivity index (χ0n) is 12.2. The Labute approximate surface area is 135 Å². The van der Waals surface area contributed by atoms with Crippen molar-refractivity contribution < 1.29 is 33.8 Å². The van der Waals surface area contributed by atoms with Gasteiger partial charge in [0, 0.05) is 0 Å². The molecule has 1 aliphatic rings. The predicted molar refractivity (Wildman–Crippen MR) is 78.4 cm³/mol. The van der Waals surface area contributed by atoms with E-state index in [9.17, 15) is 14.8 Å². The van der Waals surface area contributed by atoms with Crippen molar-refractivity contribution in [3.05, 3.63) is 12.7 Å². The summed E-state index contributed by atoms with van der Waals surface area (Å²) in [6.45, 7) is -0.462. The number of ether oxygens (including phenoxy) is 1. The lowest BCUT2D eigenvalue weighted by molar-refractivity contribution is -0.0257. The molecule has 2 aromatic heterocycles. The number of phosphoric acid groups is 1. The fraction of sp³-hybridized carbons (Fsp3) is 0.545. The van der Waals surface area contributed by atoms with E-state index in [1.165, 1.54) is 12.7 Å². The average Bonchev–Trinajstić information content (AvgIpc) is 3.03. The van der Waals surface area contributed by atoms with Gasteiger partial charge >= 0.3 is 7.82 Å². The Morgan fingerprint density at radius 2 is 1.96 bits per heavy atom. The minimum absolute atomic E-state index is 0.0948. The lowest BCUT2D eigenvalue weighted by atomic mass is 10.1. The van der Waals surface area contributed by atoms with Gasteiger partial charge in [0.15, 0.2) is 11.5 Å². The summed E-state index contributed by atoms with van der Waals surface area (Å²) in [5.41, 5.74) is 6.52. The molecule has 0 radical (unpaired) electrons. The predicted octanol–water partition coefficient (Wildman–Crippen LogP) is -1.99. The second-order valence-corrected chi connectivity index (χ2v) is 6.55. The smallest absolute Gasteiger partial charge is 0.388 e. The number of nitrogen functional groups attached to an aromatic ring is 1. The Bertz CT molecular complexity index is 779. The van der Waals surface area contributed by atoms with Gasteiger partial charge < -0.3 is 35.0 Å². The standard InChI is InChI=1S/C11H16N5O7P/c12-10-7-11(14-3-13-10)16(4-15-7)1-5-8(17)9(18)6(23-5)2-22-24(19,20)21/h3-6,8-9,17-18H,1-2H2,(H2,12,13,14)(H2,19,20,21). The van der Waals surface area contributed by atoms with E-state index in [0.717, 1.165) is 0 Å². The van der Waals surface area contributed by atoms with E-state index < -0.39 is 38.8 Å². The monoisotopic (exact) mass is 361 g/mol. The number of rotatable bonds is 5. The average molecular weight is 361 g/mol. The molecule has 3 heterocycles. The molecule has 0 aliphatic carbocycles. The van der Waals surface area contributed by atoms with Crippen LogP contribution in [0.5, 0.6) is 0 Å². The summed E-state index contributed by atoms with van der Waals surface area (Å²) >= 11 is 0. The van der Waals surface area contributed by atoms with Gasteiger partial charge in [-0.2, -0.15) is 0 Å². The van der Waals surface area contributed by atoms with Gasteiger partial charge in [-0.3, -0.25) is 4.52 Å². The molecule has 1 aliphatic heterocycles. The maximum absolute atomic E-state index is 10.7.